The average Bonchev–Trinajstić information content (AvgIpc) is 2.31. The predicted octanol–water partition coefficient (Wildman–Crippen LogP) is 2.11. The van der Waals surface area contributed by atoms with Crippen LogP contribution in [0.15, 0.2) is 22.7 Å². The average molecular weight is 318 g/mol. The van der Waals surface area contributed by atoms with E-state index in [9.17, 15) is 14.0 Å². The summed E-state index contributed by atoms with van der Waals surface area (Å²) in [6, 6.07) is 4.61. The summed E-state index contributed by atoms with van der Waals surface area (Å²) < 4.78 is 14.1. The Balaban J connectivity index is 2.35. The largest absolute Gasteiger partial charge is 0.481 e. The van der Waals surface area contributed by atoms with Crippen LogP contribution in [0.4, 0.5) is 4.39 Å². The molecule has 98 valence electrons. The number of aliphatic carboxylic acids is 1. The molecule has 0 unspecified atom stereocenters. The number of nitrogens with one attached hydrogen (secondary N) is 1. The Labute approximate surface area is 112 Å². The summed E-state index contributed by atoms with van der Waals surface area (Å²) in [5, 5.41) is 10.9. The van der Waals surface area contributed by atoms with Crippen LogP contribution in [-0.4, -0.2) is 23.5 Å². The molecule has 0 aliphatic carbocycles. The quantitative estimate of drug-likeness (QED) is 0.844. The SMILES string of the molecule is O=C(O)CCC(=O)NCCc1cc(Br)ccc1F. The third kappa shape index (κ3) is 5.27. The van der Waals surface area contributed by atoms with E-state index in [-0.39, 0.29) is 31.1 Å². The van der Waals surface area contributed by atoms with Crippen LogP contribution < -0.4 is 5.32 Å². The van der Waals surface area contributed by atoms with Crippen LogP contribution in [-0.2, 0) is 16.0 Å². The Hall–Kier alpha value is -1.43. The summed E-state index contributed by atoms with van der Waals surface area (Å²) in [4.78, 5) is 21.5. The van der Waals surface area contributed by atoms with Gasteiger partial charge in [-0.3, -0.25) is 9.59 Å². The van der Waals surface area contributed by atoms with E-state index in [1.54, 1.807) is 12.1 Å². The van der Waals surface area contributed by atoms with Gasteiger partial charge in [0.1, 0.15) is 5.82 Å². The lowest BCUT2D eigenvalue weighted by Crippen LogP contribution is -2.26. The van der Waals surface area contributed by atoms with E-state index in [2.05, 4.69) is 21.2 Å². The zero-order chi connectivity index (χ0) is 13.5. The summed E-state index contributed by atoms with van der Waals surface area (Å²) in [7, 11) is 0. The topological polar surface area (TPSA) is 66.4 Å². The first-order valence-electron chi connectivity index (χ1n) is 5.41. The molecule has 0 aromatic heterocycles. The van der Waals surface area contributed by atoms with Crippen LogP contribution in [0.2, 0.25) is 0 Å². The maximum absolute atomic E-state index is 13.3. The number of hydrogen-bond donors (Lipinski definition) is 2. The van der Waals surface area contributed by atoms with Crippen LogP contribution in [0.1, 0.15) is 18.4 Å². The van der Waals surface area contributed by atoms with Gasteiger partial charge in [0.05, 0.1) is 6.42 Å². The Morgan fingerprint density at radius 1 is 1.33 bits per heavy atom. The van der Waals surface area contributed by atoms with Crippen LogP contribution in [0.25, 0.3) is 0 Å². The number of carbonyl (C=O) groups excluding carboxylic acids is 1. The molecule has 1 amide bonds. The highest BCUT2D eigenvalue weighted by molar-refractivity contribution is 9.10. The fraction of sp³-hybridized carbons (Fsp3) is 0.333. The summed E-state index contributed by atoms with van der Waals surface area (Å²) in [6.07, 6.45) is 0.109. The van der Waals surface area contributed by atoms with Gasteiger partial charge in [0.2, 0.25) is 5.91 Å². The minimum absolute atomic E-state index is 0.0592. The highest BCUT2D eigenvalue weighted by Gasteiger charge is 2.06. The monoisotopic (exact) mass is 317 g/mol. The molecule has 2 N–H and O–H groups in total. The molecule has 18 heavy (non-hydrogen) atoms. The van der Waals surface area contributed by atoms with E-state index < -0.39 is 5.97 Å². The van der Waals surface area contributed by atoms with Crippen molar-refractivity contribution in [1.29, 1.82) is 0 Å². The number of rotatable bonds is 6. The van der Waals surface area contributed by atoms with Crippen molar-refractivity contribution < 1.29 is 19.1 Å². The molecule has 0 spiro atoms. The first-order valence-corrected chi connectivity index (χ1v) is 6.21. The second-order valence-corrected chi connectivity index (χ2v) is 4.65. The lowest BCUT2D eigenvalue weighted by Gasteiger charge is -2.06. The van der Waals surface area contributed by atoms with E-state index in [4.69, 9.17) is 5.11 Å². The molecule has 0 atom stereocenters. The van der Waals surface area contributed by atoms with Crippen LogP contribution in [0, 0.1) is 5.82 Å². The van der Waals surface area contributed by atoms with Gasteiger partial charge < -0.3 is 10.4 Å². The Morgan fingerprint density at radius 3 is 2.72 bits per heavy atom. The molecule has 1 rings (SSSR count). The lowest BCUT2D eigenvalue weighted by atomic mass is 10.1. The minimum atomic E-state index is -1.01. The zero-order valence-electron chi connectivity index (χ0n) is 9.58. The fourth-order valence-electron chi connectivity index (χ4n) is 1.38. The normalized spacial score (nSPS) is 10.1. The fourth-order valence-corrected chi connectivity index (χ4v) is 1.79. The maximum atomic E-state index is 13.3. The lowest BCUT2D eigenvalue weighted by molar-refractivity contribution is -0.138. The van der Waals surface area contributed by atoms with Crippen LogP contribution in [0.5, 0.6) is 0 Å². The van der Waals surface area contributed by atoms with Crippen molar-refractivity contribution in [2.75, 3.05) is 6.54 Å². The van der Waals surface area contributed by atoms with Gasteiger partial charge in [-0.15, -0.1) is 0 Å². The van der Waals surface area contributed by atoms with Crippen molar-refractivity contribution in [3.63, 3.8) is 0 Å². The van der Waals surface area contributed by atoms with Gasteiger partial charge in [0.25, 0.3) is 0 Å². The highest BCUT2D eigenvalue weighted by atomic mass is 79.9. The van der Waals surface area contributed by atoms with Crippen molar-refractivity contribution in [2.24, 2.45) is 0 Å². The molecule has 0 saturated heterocycles. The second-order valence-electron chi connectivity index (χ2n) is 3.73. The number of halogens is 2. The molecule has 0 aliphatic rings. The maximum Gasteiger partial charge on any atom is 0.303 e. The predicted molar refractivity (Wildman–Crippen MR) is 67.7 cm³/mol. The first kappa shape index (κ1) is 14.6. The molecular weight excluding hydrogens is 305 g/mol. The van der Waals surface area contributed by atoms with Gasteiger partial charge in [-0.1, -0.05) is 15.9 Å². The zero-order valence-corrected chi connectivity index (χ0v) is 11.2. The Morgan fingerprint density at radius 2 is 2.06 bits per heavy atom. The summed E-state index contributed by atoms with van der Waals surface area (Å²) in [5.41, 5.74) is 0.503. The molecule has 6 heteroatoms. The van der Waals surface area contributed by atoms with E-state index >= 15 is 0 Å². The van der Waals surface area contributed by atoms with E-state index in [0.29, 0.717) is 12.0 Å². The smallest absolute Gasteiger partial charge is 0.303 e. The van der Waals surface area contributed by atoms with Gasteiger partial charge in [0.15, 0.2) is 0 Å². The second kappa shape index (κ2) is 7.10. The van der Waals surface area contributed by atoms with Crippen molar-refractivity contribution in [1.82, 2.24) is 5.32 Å². The standard InChI is InChI=1S/C12H13BrFNO3/c13-9-1-2-10(14)8(7-9)5-6-15-11(16)3-4-12(17)18/h1-2,7H,3-6H2,(H,15,16)(H,17,18). The Bertz CT molecular complexity index is 451. The number of carbonyl (C=O) groups is 2. The van der Waals surface area contributed by atoms with Crippen molar-refractivity contribution in [3.8, 4) is 0 Å². The van der Waals surface area contributed by atoms with Crippen molar-refractivity contribution >= 4 is 27.8 Å². The first-order chi connectivity index (χ1) is 8.49. The van der Waals surface area contributed by atoms with E-state index in [1.807, 2.05) is 0 Å². The molecule has 0 bridgehead atoms. The summed E-state index contributed by atoms with van der Waals surface area (Å²) in [5.74, 6) is -1.67. The van der Waals surface area contributed by atoms with Gasteiger partial charge in [0, 0.05) is 17.4 Å². The van der Waals surface area contributed by atoms with Gasteiger partial charge >= 0.3 is 5.97 Å². The number of carboxylic acids is 1. The molecule has 1 aromatic carbocycles. The summed E-state index contributed by atoms with van der Waals surface area (Å²) in [6.45, 7) is 0.284. The molecule has 0 fully saturated rings. The number of hydrogen-bond acceptors (Lipinski definition) is 2. The van der Waals surface area contributed by atoms with Crippen LogP contribution >= 0.6 is 15.9 Å². The van der Waals surface area contributed by atoms with Gasteiger partial charge in [-0.25, -0.2) is 4.39 Å². The Kier molecular flexibility index (Phi) is 5.77. The summed E-state index contributed by atoms with van der Waals surface area (Å²) >= 11 is 3.24. The molecule has 0 radical (unpaired) electrons. The molecule has 1 aromatic rings. The van der Waals surface area contributed by atoms with Gasteiger partial charge in [-0.05, 0) is 30.2 Å². The van der Waals surface area contributed by atoms with E-state index in [1.165, 1.54) is 6.07 Å². The molecule has 0 heterocycles. The number of carboxylic acid groups (broad SMARTS) is 1. The number of amides is 1. The number of benzene rings is 1. The van der Waals surface area contributed by atoms with Gasteiger partial charge in [-0.2, -0.15) is 0 Å². The van der Waals surface area contributed by atoms with Crippen molar-refractivity contribution in [2.45, 2.75) is 19.3 Å². The molecule has 0 saturated carbocycles. The third-order valence-electron chi connectivity index (χ3n) is 2.29. The third-order valence-corrected chi connectivity index (χ3v) is 2.78. The minimum Gasteiger partial charge on any atom is -0.481 e. The molecular formula is C12H13BrFNO3. The highest BCUT2D eigenvalue weighted by Crippen LogP contribution is 2.15. The molecule has 4 nitrogen and oxygen atoms in total. The van der Waals surface area contributed by atoms with Crippen molar-refractivity contribution in [3.05, 3.63) is 34.1 Å². The van der Waals surface area contributed by atoms with Crippen LogP contribution in [0.3, 0.4) is 0 Å². The van der Waals surface area contributed by atoms with E-state index in [0.717, 1.165) is 4.47 Å². The molecule has 0 aliphatic heterocycles.